The lowest BCUT2D eigenvalue weighted by molar-refractivity contribution is 0.293. The van der Waals surface area contributed by atoms with E-state index < -0.39 is 0 Å². The summed E-state index contributed by atoms with van der Waals surface area (Å²) in [7, 11) is 0. The van der Waals surface area contributed by atoms with E-state index in [9.17, 15) is 0 Å². The first-order chi connectivity index (χ1) is 8.29. The molecule has 84 valence electrons. The van der Waals surface area contributed by atoms with E-state index >= 15 is 0 Å². The van der Waals surface area contributed by atoms with Crippen LogP contribution in [-0.2, 0) is 6.61 Å². The molecule has 1 heterocycles. The number of nitrogens with zero attached hydrogens (tertiary/aromatic N) is 2. The van der Waals surface area contributed by atoms with Crippen LogP contribution in [0.3, 0.4) is 0 Å². The van der Waals surface area contributed by atoms with E-state index in [1.807, 2.05) is 36.4 Å². The van der Waals surface area contributed by atoms with Gasteiger partial charge in [-0.2, -0.15) is 5.26 Å². The summed E-state index contributed by atoms with van der Waals surface area (Å²) >= 11 is 0. The Hall–Kier alpha value is -2.54. The first kappa shape index (κ1) is 11.0. The van der Waals surface area contributed by atoms with Crippen LogP contribution in [0.15, 0.2) is 42.6 Å². The number of anilines is 1. The first-order valence-electron chi connectivity index (χ1n) is 5.12. The number of ether oxygens (including phenoxy) is 1. The highest BCUT2D eigenvalue weighted by Gasteiger charge is 2.05. The van der Waals surface area contributed by atoms with Crippen molar-refractivity contribution in [1.29, 1.82) is 5.26 Å². The van der Waals surface area contributed by atoms with E-state index in [0.717, 1.165) is 5.56 Å². The quantitative estimate of drug-likeness (QED) is 0.868. The topological polar surface area (TPSA) is 71.9 Å². The van der Waals surface area contributed by atoms with Crippen molar-refractivity contribution in [2.45, 2.75) is 6.61 Å². The third-order valence-electron chi connectivity index (χ3n) is 2.21. The van der Waals surface area contributed by atoms with Crippen molar-refractivity contribution in [1.82, 2.24) is 4.98 Å². The van der Waals surface area contributed by atoms with Gasteiger partial charge >= 0.3 is 0 Å². The van der Waals surface area contributed by atoms with Gasteiger partial charge in [0.15, 0.2) is 0 Å². The van der Waals surface area contributed by atoms with Gasteiger partial charge in [-0.1, -0.05) is 30.3 Å². The van der Waals surface area contributed by atoms with Crippen LogP contribution in [0, 0.1) is 11.3 Å². The van der Waals surface area contributed by atoms with Crippen molar-refractivity contribution in [3.05, 3.63) is 53.7 Å². The maximum absolute atomic E-state index is 8.91. The highest BCUT2D eigenvalue weighted by Crippen LogP contribution is 2.17. The van der Waals surface area contributed by atoms with Crippen LogP contribution in [0.25, 0.3) is 0 Å². The van der Waals surface area contributed by atoms with Crippen LogP contribution in [-0.4, -0.2) is 4.98 Å². The normalized spacial score (nSPS) is 9.59. The molecule has 2 aromatic rings. The average Bonchev–Trinajstić information content (AvgIpc) is 2.38. The highest BCUT2D eigenvalue weighted by molar-refractivity contribution is 5.48. The summed E-state index contributed by atoms with van der Waals surface area (Å²) in [4.78, 5) is 3.99. The van der Waals surface area contributed by atoms with Crippen molar-refractivity contribution in [2.75, 3.05) is 5.73 Å². The van der Waals surface area contributed by atoms with Gasteiger partial charge in [-0.3, -0.25) is 0 Å². The van der Waals surface area contributed by atoms with Gasteiger partial charge < -0.3 is 10.5 Å². The second-order valence-corrected chi connectivity index (χ2v) is 3.51. The molecule has 0 unspecified atom stereocenters. The molecule has 1 aromatic heterocycles. The Bertz CT molecular complexity index is 546. The molecule has 0 aliphatic heterocycles. The SMILES string of the molecule is N#Cc1cc(N)cnc1OCc1ccccc1. The van der Waals surface area contributed by atoms with Crippen LogP contribution in [0.2, 0.25) is 0 Å². The fourth-order valence-electron chi connectivity index (χ4n) is 1.39. The van der Waals surface area contributed by atoms with Crippen molar-refractivity contribution in [3.8, 4) is 11.9 Å². The van der Waals surface area contributed by atoms with Gasteiger partial charge in [0.1, 0.15) is 18.2 Å². The van der Waals surface area contributed by atoms with E-state index in [1.165, 1.54) is 6.20 Å². The number of nitrogens with two attached hydrogens (primary N) is 1. The molecule has 0 amide bonds. The minimum absolute atomic E-state index is 0.311. The molecule has 2 N–H and O–H groups in total. The van der Waals surface area contributed by atoms with Gasteiger partial charge in [0.25, 0.3) is 0 Å². The molecule has 0 saturated heterocycles. The summed E-state index contributed by atoms with van der Waals surface area (Å²) in [6, 6.07) is 13.2. The van der Waals surface area contributed by atoms with Gasteiger partial charge in [-0.25, -0.2) is 4.98 Å². The summed E-state index contributed by atoms with van der Waals surface area (Å²) in [5.74, 6) is 0.311. The van der Waals surface area contributed by atoms with Gasteiger partial charge in [0, 0.05) is 0 Å². The molecule has 17 heavy (non-hydrogen) atoms. The van der Waals surface area contributed by atoms with Gasteiger partial charge in [0.2, 0.25) is 5.88 Å². The summed E-state index contributed by atoms with van der Waals surface area (Å²) in [5, 5.41) is 8.91. The predicted molar refractivity (Wildman–Crippen MR) is 64.1 cm³/mol. The molecular formula is C13H11N3O. The number of hydrogen-bond donors (Lipinski definition) is 1. The summed E-state index contributed by atoms with van der Waals surface area (Å²) in [5.41, 5.74) is 7.36. The molecule has 0 atom stereocenters. The number of rotatable bonds is 3. The second kappa shape index (κ2) is 4.99. The number of benzene rings is 1. The third-order valence-corrected chi connectivity index (χ3v) is 2.21. The van der Waals surface area contributed by atoms with Crippen LogP contribution in [0.5, 0.6) is 5.88 Å². The van der Waals surface area contributed by atoms with E-state index in [0.29, 0.717) is 23.7 Å². The molecule has 4 heteroatoms. The first-order valence-corrected chi connectivity index (χ1v) is 5.12. The third kappa shape index (κ3) is 2.73. The predicted octanol–water partition coefficient (Wildman–Crippen LogP) is 2.11. The fourth-order valence-corrected chi connectivity index (χ4v) is 1.39. The monoisotopic (exact) mass is 225 g/mol. The molecule has 0 aliphatic carbocycles. The molecule has 2 rings (SSSR count). The molecular weight excluding hydrogens is 214 g/mol. The van der Waals surface area contributed by atoms with Gasteiger partial charge in [-0.05, 0) is 11.6 Å². The van der Waals surface area contributed by atoms with Crippen LogP contribution in [0.1, 0.15) is 11.1 Å². The van der Waals surface area contributed by atoms with Crippen molar-refractivity contribution >= 4 is 5.69 Å². The number of hydrogen-bond acceptors (Lipinski definition) is 4. The molecule has 0 saturated carbocycles. The molecule has 0 fully saturated rings. The molecule has 0 spiro atoms. The minimum Gasteiger partial charge on any atom is -0.472 e. The largest absolute Gasteiger partial charge is 0.472 e. The lowest BCUT2D eigenvalue weighted by atomic mass is 10.2. The number of pyridine rings is 1. The Morgan fingerprint density at radius 1 is 1.29 bits per heavy atom. The van der Waals surface area contributed by atoms with Crippen molar-refractivity contribution < 1.29 is 4.74 Å². The van der Waals surface area contributed by atoms with E-state index in [1.54, 1.807) is 6.07 Å². The summed E-state index contributed by atoms with van der Waals surface area (Å²) in [6.07, 6.45) is 1.47. The van der Waals surface area contributed by atoms with Crippen LogP contribution < -0.4 is 10.5 Å². The zero-order chi connectivity index (χ0) is 12.1. The Labute approximate surface area is 99.3 Å². The van der Waals surface area contributed by atoms with E-state index in [2.05, 4.69) is 4.98 Å². The lowest BCUT2D eigenvalue weighted by Gasteiger charge is -2.06. The Morgan fingerprint density at radius 3 is 2.76 bits per heavy atom. The summed E-state index contributed by atoms with van der Waals surface area (Å²) < 4.78 is 5.48. The van der Waals surface area contributed by atoms with Gasteiger partial charge in [-0.15, -0.1) is 0 Å². The van der Waals surface area contributed by atoms with E-state index in [-0.39, 0.29) is 0 Å². The zero-order valence-electron chi connectivity index (χ0n) is 9.13. The number of aromatic nitrogens is 1. The minimum atomic E-state index is 0.311. The molecule has 0 aliphatic rings. The molecule has 0 radical (unpaired) electrons. The zero-order valence-corrected chi connectivity index (χ0v) is 9.13. The summed E-state index contributed by atoms with van der Waals surface area (Å²) in [6.45, 7) is 0.381. The molecule has 4 nitrogen and oxygen atoms in total. The van der Waals surface area contributed by atoms with Gasteiger partial charge in [0.05, 0.1) is 11.9 Å². The molecule has 0 bridgehead atoms. The number of nitrogen functional groups attached to an aromatic ring is 1. The van der Waals surface area contributed by atoms with Crippen LogP contribution in [0.4, 0.5) is 5.69 Å². The molecule has 1 aromatic carbocycles. The Balaban J connectivity index is 2.12. The average molecular weight is 225 g/mol. The van der Waals surface area contributed by atoms with Crippen LogP contribution >= 0.6 is 0 Å². The van der Waals surface area contributed by atoms with E-state index in [4.69, 9.17) is 15.7 Å². The number of nitriles is 1. The van der Waals surface area contributed by atoms with Crippen molar-refractivity contribution in [3.63, 3.8) is 0 Å². The fraction of sp³-hybridized carbons (Fsp3) is 0.0769. The Kier molecular flexibility index (Phi) is 3.22. The maximum Gasteiger partial charge on any atom is 0.232 e. The van der Waals surface area contributed by atoms with Crippen molar-refractivity contribution in [2.24, 2.45) is 0 Å². The maximum atomic E-state index is 8.91. The second-order valence-electron chi connectivity index (χ2n) is 3.51. The highest BCUT2D eigenvalue weighted by atomic mass is 16.5. The smallest absolute Gasteiger partial charge is 0.232 e. The standard InChI is InChI=1S/C13H11N3O/c14-7-11-6-12(15)8-16-13(11)17-9-10-4-2-1-3-5-10/h1-6,8H,9,15H2. The Morgan fingerprint density at radius 2 is 2.06 bits per heavy atom. The lowest BCUT2D eigenvalue weighted by Crippen LogP contribution is -2.00.